The van der Waals surface area contributed by atoms with Crippen LogP contribution in [0.2, 0.25) is 0 Å². The van der Waals surface area contributed by atoms with Crippen molar-refractivity contribution >= 4 is 5.97 Å². The van der Waals surface area contributed by atoms with Crippen LogP contribution < -0.4 is 4.74 Å². The van der Waals surface area contributed by atoms with Gasteiger partial charge in [0, 0.05) is 6.07 Å². The predicted octanol–water partition coefficient (Wildman–Crippen LogP) is 3.40. The van der Waals surface area contributed by atoms with Crippen molar-refractivity contribution in [1.29, 1.82) is 0 Å². The van der Waals surface area contributed by atoms with Crippen molar-refractivity contribution in [1.82, 2.24) is 0 Å². The zero-order valence-electron chi connectivity index (χ0n) is 10.4. The van der Waals surface area contributed by atoms with Crippen LogP contribution in [0.4, 0.5) is 4.39 Å². The van der Waals surface area contributed by atoms with Gasteiger partial charge in [0.2, 0.25) is 0 Å². The van der Waals surface area contributed by atoms with Crippen molar-refractivity contribution in [2.24, 2.45) is 5.92 Å². The lowest BCUT2D eigenvalue weighted by molar-refractivity contribution is 0.0691. The van der Waals surface area contributed by atoms with E-state index in [4.69, 9.17) is 9.84 Å². The number of ether oxygens (including phenoxy) is 1. The van der Waals surface area contributed by atoms with Gasteiger partial charge in [0.25, 0.3) is 0 Å². The Hall–Kier alpha value is -1.58. The zero-order valence-corrected chi connectivity index (χ0v) is 10.4. The van der Waals surface area contributed by atoms with Crippen LogP contribution in [0.3, 0.4) is 0 Å². The fourth-order valence-corrected chi connectivity index (χ4v) is 2.37. The van der Waals surface area contributed by atoms with Crippen LogP contribution in [0.1, 0.15) is 41.6 Å². The van der Waals surface area contributed by atoms with Crippen molar-refractivity contribution in [2.75, 3.05) is 6.61 Å². The molecule has 1 aromatic carbocycles. The standard InChI is InChI=1S/C14H17FO3/c1-9-6-11(14(16)17)12(15)7-13(9)18-8-10-4-2-3-5-10/h6-7,10H,2-5,8H2,1H3,(H,16,17). The molecule has 1 fully saturated rings. The summed E-state index contributed by atoms with van der Waals surface area (Å²) in [6, 6.07) is 2.50. The molecule has 4 heteroatoms. The van der Waals surface area contributed by atoms with Crippen LogP contribution in [-0.2, 0) is 0 Å². The summed E-state index contributed by atoms with van der Waals surface area (Å²) >= 11 is 0. The number of aryl methyl sites for hydroxylation is 1. The first-order valence-electron chi connectivity index (χ1n) is 6.24. The topological polar surface area (TPSA) is 46.5 Å². The molecule has 1 aliphatic rings. The number of carboxylic acid groups (broad SMARTS) is 1. The summed E-state index contributed by atoms with van der Waals surface area (Å²) in [5, 5.41) is 8.80. The molecule has 98 valence electrons. The Morgan fingerprint density at radius 1 is 1.44 bits per heavy atom. The molecule has 0 bridgehead atoms. The Morgan fingerprint density at radius 3 is 2.72 bits per heavy atom. The van der Waals surface area contributed by atoms with E-state index in [1.165, 1.54) is 25.0 Å². The summed E-state index contributed by atoms with van der Waals surface area (Å²) in [6.45, 7) is 2.32. The summed E-state index contributed by atoms with van der Waals surface area (Å²) < 4.78 is 19.1. The van der Waals surface area contributed by atoms with E-state index in [0.717, 1.165) is 12.8 Å². The molecule has 0 spiro atoms. The van der Waals surface area contributed by atoms with E-state index in [2.05, 4.69) is 0 Å². The van der Waals surface area contributed by atoms with E-state index in [1.807, 2.05) is 0 Å². The van der Waals surface area contributed by atoms with Gasteiger partial charge in [-0.25, -0.2) is 9.18 Å². The van der Waals surface area contributed by atoms with E-state index >= 15 is 0 Å². The molecule has 0 radical (unpaired) electrons. The summed E-state index contributed by atoms with van der Waals surface area (Å²) in [7, 11) is 0. The highest BCUT2D eigenvalue weighted by Crippen LogP contribution is 2.27. The van der Waals surface area contributed by atoms with Crippen LogP contribution in [0.15, 0.2) is 12.1 Å². The number of hydrogen-bond acceptors (Lipinski definition) is 2. The van der Waals surface area contributed by atoms with Gasteiger partial charge in [0.1, 0.15) is 11.6 Å². The van der Waals surface area contributed by atoms with Crippen LogP contribution in [0.5, 0.6) is 5.75 Å². The van der Waals surface area contributed by atoms with Gasteiger partial charge in [-0.1, -0.05) is 12.8 Å². The number of hydrogen-bond donors (Lipinski definition) is 1. The Kier molecular flexibility index (Phi) is 3.84. The molecule has 0 heterocycles. The van der Waals surface area contributed by atoms with Crippen molar-refractivity contribution in [3.63, 3.8) is 0 Å². The molecule has 1 N–H and O–H groups in total. The zero-order chi connectivity index (χ0) is 13.1. The van der Waals surface area contributed by atoms with E-state index in [1.54, 1.807) is 6.92 Å². The van der Waals surface area contributed by atoms with Gasteiger partial charge < -0.3 is 9.84 Å². The molecule has 3 nitrogen and oxygen atoms in total. The van der Waals surface area contributed by atoms with E-state index in [-0.39, 0.29) is 5.56 Å². The average molecular weight is 252 g/mol. The molecule has 0 unspecified atom stereocenters. The molecule has 18 heavy (non-hydrogen) atoms. The number of halogens is 1. The fraction of sp³-hybridized carbons (Fsp3) is 0.500. The fourth-order valence-electron chi connectivity index (χ4n) is 2.37. The first-order chi connectivity index (χ1) is 8.58. The van der Waals surface area contributed by atoms with Gasteiger partial charge in [-0.2, -0.15) is 0 Å². The SMILES string of the molecule is Cc1cc(C(=O)O)c(F)cc1OCC1CCCC1. The second kappa shape index (κ2) is 5.38. The second-order valence-corrected chi connectivity index (χ2v) is 4.86. The average Bonchev–Trinajstić information content (AvgIpc) is 2.82. The molecule has 0 amide bonds. The van der Waals surface area contributed by atoms with Crippen molar-refractivity contribution in [3.8, 4) is 5.75 Å². The number of benzene rings is 1. The summed E-state index contributed by atoms with van der Waals surface area (Å²) in [5.74, 6) is -0.997. The normalized spacial score (nSPS) is 15.9. The molecule has 1 saturated carbocycles. The maximum Gasteiger partial charge on any atom is 0.338 e. The minimum absolute atomic E-state index is 0.305. The highest BCUT2D eigenvalue weighted by atomic mass is 19.1. The molecule has 1 aromatic rings. The van der Waals surface area contributed by atoms with Gasteiger partial charge in [0.05, 0.1) is 12.2 Å². The minimum atomic E-state index is -1.25. The van der Waals surface area contributed by atoms with Gasteiger partial charge >= 0.3 is 5.97 Å². The number of carboxylic acids is 1. The third-order valence-corrected chi connectivity index (χ3v) is 3.44. The third-order valence-electron chi connectivity index (χ3n) is 3.44. The smallest absolute Gasteiger partial charge is 0.338 e. The Bertz CT molecular complexity index is 451. The molecule has 1 aliphatic carbocycles. The molecule has 0 aromatic heterocycles. The van der Waals surface area contributed by atoms with Crippen molar-refractivity contribution < 1.29 is 19.0 Å². The van der Waals surface area contributed by atoms with Gasteiger partial charge in [-0.15, -0.1) is 0 Å². The lowest BCUT2D eigenvalue weighted by atomic mass is 10.1. The van der Waals surface area contributed by atoms with Crippen LogP contribution >= 0.6 is 0 Å². The van der Waals surface area contributed by atoms with E-state index in [9.17, 15) is 9.18 Å². The van der Waals surface area contributed by atoms with Crippen molar-refractivity contribution in [3.05, 3.63) is 29.1 Å². The minimum Gasteiger partial charge on any atom is -0.493 e. The number of aromatic carboxylic acids is 1. The third kappa shape index (κ3) is 2.81. The van der Waals surface area contributed by atoms with Crippen molar-refractivity contribution in [2.45, 2.75) is 32.6 Å². The summed E-state index contributed by atoms with van der Waals surface area (Å²) in [4.78, 5) is 10.8. The van der Waals surface area contributed by atoms with Gasteiger partial charge in [-0.05, 0) is 37.3 Å². The van der Waals surface area contributed by atoms with E-state index < -0.39 is 11.8 Å². The predicted molar refractivity (Wildman–Crippen MR) is 65.5 cm³/mol. The summed E-state index contributed by atoms with van der Waals surface area (Å²) in [6.07, 6.45) is 4.79. The van der Waals surface area contributed by atoms with Gasteiger partial charge in [0.15, 0.2) is 0 Å². The number of rotatable bonds is 4. The maximum absolute atomic E-state index is 13.5. The Balaban J connectivity index is 2.08. The first kappa shape index (κ1) is 12.9. The molecule has 0 saturated heterocycles. The first-order valence-corrected chi connectivity index (χ1v) is 6.24. The van der Waals surface area contributed by atoms with Crippen LogP contribution in [0, 0.1) is 18.7 Å². The lowest BCUT2D eigenvalue weighted by Gasteiger charge is -2.14. The molecule has 2 rings (SSSR count). The molecular weight excluding hydrogens is 235 g/mol. The van der Waals surface area contributed by atoms with Crippen LogP contribution in [-0.4, -0.2) is 17.7 Å². The molecule has 0 atom stereocenters. The highest BCUT2D eigenvalue weighted by molar-refractivity contribution is 5.88. The quantitative estimate of drug-likeness (QED) is 0.893. The molecule has 0 aliphatic heterocycles. The highest BCUT2D eigenvalue weighted by Gasteiger charge is 2.18. The Labute approximate surface area is 106 Å². The van der Waals surface area contributed by atoms with Gasteiger partial charge in [-0.3, -0.25) is 0 Å². The second-order valence-electron chi connectivity index (χ2n) is 4.86. The van der Waals surface area contributed by atoms with E-state index in [0.29, 0.717) is 23.8 Å². The number of carbonyl (C=O) groups is 1. The summed E-state index contributed by atoms with van der Waals surface area (Å²) in [5.41, 5.74) is 0.354. The van der Waals surface area contributed by atoms with Crippen LogP contribution in [0.25, 0.3) is 0 Å². The monoisotopic (exact) mass is 252 g/mol. The largest absolute Gasteiger partial charge is 0.493 e. The lowest BCUT2D eigenvalue weighted by Crippen LogP contribution is -2.10. The maximum atomic E-state index is 13.5. The Morgan fingerprint density at radius 2 is 2.11 bits per heavy atom. The molecular formula is C14H17FO3.